The smallest absolute Gasteiger partial charge is 0.412 e. The van der Waals surface area contributed by atoms with E-state index in [-0.39, 0.29) is 11.2 Å². The van der Waals surface area contributed by atoms with Crippen LogP contribution in [0.3, 0.4) is 0 Å². The molecule has 0 spiro atoms. The Balaban J connectivity index is 2.21. The third kappa shape index (κ3) is 3.44. The van der Waals surface area contributed by atoms with Gasteiger partial charge in [-0.25, -0.2) is 4.79 Å². The highest BCUT2D eigenvalue weighted by molar-refractivity contribution is 7.17. The number of pyridine rings is 1. The number of hydrogen-bond donors (Lipinski definition) is 1. The van der Waals surface area contributed by atoms with E-state index in [0.29, 0.717) is 0 Å². The maximum absolute atomic E-state index is 12.9. The first-order valence-corrected chi connectivity index (χ1v) is 8.81. The minimum atomic E-state index is -0.644. The van der Waals surface area contributed by atoms with Crippen molar-refractivity contribution in [3.63, 3.8) is 0 Å². The van der Waals surface area contributed by atoms with Crippen LogP contribution in [-0.2, 0) is 11.8 Å². The van der Waals surface area contributed by atoms with E-state index in [1.165, 1.54) is 11.3 Å². The fourth-order valence-corrected chi connectivity index (χ4v) is 3.65. The summed E-state index contributed by atoms with van der Waals surface area (Å²) in [6, 6.07) is 11.5. The topological polar surface area (TPSA) is 60.3 Å². The molecule has 3 aromatic rings. The summed E-state index contributed by atoms with van der Waals surface area (Å²) in [7, 11) is 1.70. The van der Waals surface area contributed by atoms with Crippen LogP contribution < -0.4 is 10.9 Å². The zero-order valence-electron chi connectivity index (χ0n) is 14.6. The number of aryl methyl sites for hydroxylation is 1. The highest BCUT2D eigenvalue weighted by Gasteiger charge is 2.22. The summed E-state index contributed by atoms with van der Waals surface area (Å²) in [4.78, 5) is 25.1. The molecule has 1 aromatic carbocycles. The van der Waals surface area contributed by atoms with E-state index in [0.717, 1.165) is 21.3 Å². The van der Waals surface area contributed by atoms with E-state index in [2.05, 4.69) is 5.32 Å². The summed E-state index contributed by atoms with van der Waals surface area (Å²) >= 11 is 1.53. The van der Waals surface area contributed by atoms with Crippen LogP contribution in [0.15, 0.2) is 46.6 Å². The molecular formula is C19H20N2O3S. The number of amides is 1. The molecule has 3 rings (SSSR count). The van der Waals surface area contributed by atoms with E-state index in [9.17, 15) is 9.59 Å². The summed E-state index contributed by atoms with van der Waals surface area (Å²) in [6.07, 6.45) is -0.641. The first-order valence-electron chi connectivity index (χ1n) is 7.93. The zero-order valence-corrected chi connectivity index (χ0v) is 15.4. The van der Waals surface area contributed by atoms with Crippen LogP contribution in [0, 0.1) is 0 Å². The van der Waals surface area contributed by atoms with Crippen molar-refractivity contribution < 1.29 is 9.53 Å². The number of anilines is 1. The molecule has 2 heterocycles. The monoisotopic (exact) mass is 356 g/mol. The van der Waals surface area contributed by atoms with E-state index >= 15 is 0 Å². The molecule has 0 atom stereocenters. The van der Waals surface area contributed by atoms with Gasteiger partial charge in [0, 0.05) is 12.6 Å². The Kier molecular flexibility index (Phi) is 4.39. The molecule has 0 saturated carbocycles. The second-order valence-corrected chi connectivity index (χ2v) is 7.66. The highest BCUT2D eigenvalue weighted by Crippen LogP contribution is 2.36. The molecule has 0 aliphatic carbocycles. The maximum Gasteiger partial charge on any atom is 0.412 e. The van der Waals surface area contributed by atoms with Crippen LogP contribution in [0.4, 0.5) is 10.5 Å². The van der Waals surface area contributed by atoms with Crippen molar-refractivity contribution in [3.8, 4) is 11.1 Å². The third-order valence-electron chi connectivity index (χ3n) is 3.69. The largest absolute Gasteiger partial charge is 0.444 e. The van der Waals surface area contributed by atoms with Crippen molar-refractivity contribution >= 4 is 33.3 Å². The number of fused-ring (bicyclic) bond motifs is 1. The van der Waals surface area contributed by atoms with Gasteiger partial charge in [0.2, 0.25) is 0 Å². The number of carbonyl (C=O) groups excluding carboxylic acids is 1. The van der Waals surface area contributed by atoms with E-state index < -0.39 is 11.7 Å². The number of nitrogens with zero attached hydrogens (tertiary/aromatic N) is 1. The van der Waals surface area contributed by atoms with Crippen LogP contribution in [0.1, 0.15) is 20.8 Å². The minimum absolute atomic E-state index is 0.234. The predicted octanol–water partition coefficient (Wildman–Crippen LogP) is 4.61. The Bertz CT molecular complexity index is 982. The number of nitrogens with one attached hydrogen (secondary N) is 1. The average Bonchev–Trinajstić information content (AvgIpc) is 3.01. The molecular weight excluding hydrogens is 336 g/mol. The number of thiophene rings is 1. The summed E-state index contributed by atoms with van der Waals surface area (Å²) < 4.78 is 7.82. The SMILES string of the molecule is Cn1c(=O)c(NC(=O)OC(C)(C)C)c(-c2ccccc2)c2sccc21. The van der Waals surface area contributed by atoms with Crippen molar-refractivity contribution in [2.45, 2.75) is 26.4 Å². The van der Waals surface area contributed by atoms with Gasteiger partial charge in [-0.05, 0) is 37.8 Å². The highest BCUT2D eigenvalue weighted by atomic mass is 32.1. The fraction of sp³-hybridized carbons (Fsp3) is 0.263. The number of hydrogen-bond acceptors (Lipinski definition) is 4. The molecule has 0 unspecified atom stereocenters. The number of aromatic nitrogens is 1. The Hall–Kier alpha value is -2.60. The van der Waals surface area contributed by atoms with E-state index in [4.69, 9.17) is 4.74 Å². The molecule has 130 valence electrons. The van der Waals surface area contributed by atoms with E-state index in [1.807, 2.05) is 41.8 Å². The van der Waals surface area contributed by atoms with Gasteiger partial charge >= 0.3 is 6.09 Å². The fourth-order valence-electron chi connectivity index (χ4n) is 2.65. The van der Waals surface area contributed by atoms with Gasteiger partial charge in [0.1, 0.15) is 11.3 Å². The van der Waals surface area contributed by atoms with Gasteiger partial charge in [-0.3, -0.25) is 10.1 Å². The van der Waals surface area contributed by atoms with Gasteiger partial charge < -0.3 is 9.30 Å². The second kappa shape index (κ2) is 6.37. The van der Waals surface area contributed by atoms with Crippen LogP contribution in [0.25, 0.3) is 21.3 Å². The molecule has 1 amide bonds. The predicted molar refractivity (Wildman–Crippen MR) is 102 cm³/mol. The lowest BCUT2D eigenvalue weighted by atomic mass is 10.0. The molecule has 0 aliphatic rings. The van der Waals surface area contributed by atoms with Crippen molar-refractivity contribution in [2.75, 3.05) is 5.32 Å². The molecule has 0 saturated heterocycles. The first-order chi connectivity index (χ1) is 11.8. The molecule has 6 heteroatoms. The van der Waals surface area contributed by atoms with Gasteiger partial charge in [-0.15, -0.1) is 11.3 Å². The Labute approximate surface area is 149 Å². The van der Waals surface area contributed by atoms with Gasteiger partial charge in [0.25, 0.3) is 5.56 Å². The van der Waals surface area contributed by atoms with Crippen molar-refractivity contribution in [1.29, 1.82) is 0 Å². The molecule has 25 heavy (non-hydrogen) atoms. The number of rotatable bonds is 2. The van der Waals surface area contributed by atoms with Gasteiger partial charge in [0.15, 0.2) is 0 Å². The number of ether oxygens (including phenoxy) is 1. The molecule has 5 nitrogen and oxygen atoms in total. The second-order valence-electron chi connectivity index (χ2n) is 6.74. The lowest BCUT2D eigenvalue weighted by Crippen LogP contribution is -2.31. The van der Waals surface area contributed by atoms with Crippen molar-refractivity contribution in [2.24, 2.45) is 7.05 Å². The first kappa shape index (κ1) is 17.2. The molecule has 1 N–H and O–H groups in total. The average molecular weight is 356 g/mol. The van der Waals surface area contributed by atoms with Gasteiger partial charge in [0.05, 0.1) is 10.2 Å². The molecule has 2 aromatic heterocycles. The van der Waals surface area contributed by atoms with Crippen LogP contribution in [0.5, 0.6) is 0 Å². The molecule has 0 bridgehead atoms. The molecule has 0 fully saturated rings. The Morgan fingerprint density at radius 2 is 1.84 bits per heavy atom. The summed E-state index contributed by atoms with van der Waals surface area (Å²) in [5.74, 6) is 0. The van der Waals surface area contributed by atoms with Crippen LogP contribution in [-0.4, -0.2) is 16.3 Å². The lowest BCUT2D eigenvalue weighted by molar-refractivity contribution is 0.0636. The van der Waals surface area contributed by atoms with Gasteiger partial charge in [-0.2, -0.15) is 0 Å². The lowest BCUT2D eigenvalue weighted by Gasteiger charge is -2.21. The normalized spacial score (nSPS) is 11.5. The minimum Gasteiger partial charge on any atom is -0.444 e. The van der Waals surface area contributed by atoms with Crippen molar-refractivity contribution in [3.05, 3.63) is 52.1 Å². The maximum atomic E-state index is 12.9. The number of benzene rings is 1. The Morgan fingerprint density at radius 1 is 1.16 bits per heavy atom. The summed E-state index contributed by atoms with van der Waals surface area (Å²) in [6.45, 7) is 5.35. The van der Waals surface area contributed by atoms with Crippen LogP contribution in [0.2, 0.25) is 0 Å². The van der Waals surface area contributed by atoms with Crippen LogP contribution >= 0.6 is 11.3 Å². The molecule has 0 radical (unpaired) electrons. The quantitative estimate of drug-likeness (QED) is 0.729. The zero-order chi connectivity index (χ0) is 18.2. The Morgan fingerprint density at radius 3 is 2.48 bits per heavy atom. The van der Waals surface area contributed by atoms with E-state index in [1.54, 1.807) is 32.4 Å². The van der Waals surface area contributed by atoms with Crippen molar-refractivity contribution in [1.82, 2.24) is 4.57 Å². The summed E-state index contributed by atoms with van der Waals surface area (Å²) in [5.41, 5.74) is 1.75. The number of carbonyl (C=O) groups is 1. The van der Waals surface area contributed by atoms with Gasteiger partial charge in [-0.1, -0.05) is 30.3 Å². The molecule has 0 aliphatic heterocycles. The summed E-state index contributed by atoms with van der Waals surface area (Å²) in [5, 5.41) is 4.61. The standard InChI is InChI=1S/C19H20N2O3S/c1-19(2,3)24-18(23)20-15-14(12-8-6-5-7-9-12)16-13(10-11-25-16)21(4)17(15)22/h5-11H,1-4H3,(H,20,23). The third-order valence-corrected chi connectivity index (χ3v) is 4.61.